The standard InChI is InChI=1S/C23H24N4O2/c28-23(21-7-6-20(29-21)18-5-1-2-11-25-18)26-22-17-8-12-27(13-9-17)19(22)14-16-4-3-10-24-15-16/h1-7,10-11,15,17,19,22H,8-9,12-14H2,(H,26,28)/t19-,22+/m0/s1. The second kappa shape index (κ2) is 7.79. The first-order valence-electron chi connectivity index (χ1n) is 10.2. The highest BCUT2D eigenvalue weighted by Gasteiger charge is 2.43. The highest BCUT2D eigenvalue weighted by molar-refractivity contribution is 5.92. The number of amides is 1. The van der Waals surface area contributed by atoms with Gasteiger partial charge in [0.1, 0.15) is 5.69 Å². The third-order valence-electron chi connectivity index (χ3n) is 6.18. The summed E-state index contributed by atoms with van der Waals surface area (Å²) in [6.07, 6.45) is 8.60. The SMILES string of the molecule is O=C(N[C@@H]1C2CCN(CC2)[C@H]1Cc1cccnc1)c1ccc(-c2ccccn2)o1. The molecule has 1 N–H and O–H groups in total. The van der Waals surface area contributed by atoms with Crippen LogP contribution < -0.4 is 5.32 Å². The number of rotatable bonds is 5. The topological polar surface area (TPSA) is 71.3 Å². The highest BCUT2D eigenvalue weighted by Crippen LogP contribution is 2.34. The minimum absolute atomic E-state index is 0.119. The fraction of sp³-hybridized carbons (Fsp3) is 0.348. The first kappa shape index (κ1) is 18.1. The second-order valence-corrected chi connectivity index (χ2v) is 7.88. The molecule has 0 aromatic carbocycles. The number of carbonyl (C=O) groups is 1. The number of pyridine rings is 2. The number of piperidine rings is 3. The maximum absolute atomic E-state index is 13.0. The molecule has 3 aromatic heterocycles. The zero-order chi connectivity index (χ0) is 19.6. The molecule has 3 saturated heterocycles. The number of hydrogen-bond acceptors (Lipinski definition) is 5. The van der Waals surface area contributed by atoms with E-state index in [-0.39, 0.29) is 11.9 Å². The van der Waals surface area contributed by atoms with Crippen molar-refractivity contribution in [3.05, 3.63) is 72.4 Å². The monoisotopic (exact) mass is 388 g/mol. The molecule has 3 aromatic rings. The van der Waals surface area contributed by atoms with E-state index >= 15 is 0 Å². The molecule has 6 nitrogen and oxygen atoms in total. The van der Waals surface area contributed by atoms with Crippen molar-refractivity contribution >= 4 is 5.91 Å². The maximum Gasteiger partial charge on any atom is 0.287 e. The largest absolute Gasteiger partial charge is 0.449 e. The Labute approximate surface area is 170 Å². The Morgan fingerprint density at radius 3 is 2.76 bits per heavy atom. The molecule has 0 unspecified atom stereocenters. The molecule has 2 bridgehead atoms. The van der Waals surface area contributed by atoms with E-state index in [2.05, 4.69) is 26.3 Å². The van der Waals surface area contributed by atoms with E-state index in [1.807, 2.05) is 30.5 Å². The Kier molecular flexibility index (Phi) is 4.86. The van der Waals surface area contributed by atoms with Crippen LogP contribution in [0.2, 0.25) is 0 Å². The van der Waals surface area contributed by atoms with Gasteiger partial charge in [-0.2, -0.15) is 0 Å². The summed E-state index contributed by atoms with van der Waals surface area (Å²) < 4.78 is 5.81. The van der Waals surface area contributed by atoms with Crippen LogP contribution in [0, 0.1) is 5.92 Å². The van der Waals surface area contributed by atoms with Crippen LogP contribution in [-0.2, 0) is 6.42 Å². The first-order chi connectivity index (χ1) is 14.3. The van der Waals surface area contributed by atoms with E-state index in [1.54, 1.807) is 24.5 Å². The molecule has 3 aliphatic rings. The molecule has 6 rings (SSSR count). The molecule has 6 heteroatoms. The molecular formula is C23H24N4O2. The van der Waals surface area contributed by atoms with Crippen LogP contribution in [0.25, 0.3) is 11.5 Å². The summed E-state index contributed by atoms with van der Waals surface area (Å²) in [6.45, 7) is 2.21. The maximum atomic E-state index is 13.0. The average molecular weight is 388 g/mol. The number of hydrogen-bond donors (Lipinski definition) is 1. The summed E-state index contributed by atoms with van der Waals surface area (Å²) in [5.74, 6) is 1.30. The quantitative estimate of drug-likeness (QED) is 0.727. The molecule has 0 saturated carbocycles. The van der Waals surface area contributed by atoms with Gasteiger partial charge in [0.2, 0.25) is 0 Å². The number of fused-ring (bicyclic) bond motifs is 3. The summed E-state index contributed by atoms with van der Waals surface area (Å²) >= 11 is 0. The Morgan fingerprint density at radius 2 is 2.00 bits per heavy atom. The Bertz CT molecular complexity index is 965. The van der Waals surface area contributed by atoms with E-state index < -0.39 is 0 Å². The molecule has 0 radical (unpaired) electrons. The summed E-state index contributed by atoms with van der Waals surface area (Å²) in [4.78, 5) is 24.0. The summed E-state index contributed by atoms with van der Waals surface area (Å²) in [7, 11) is 0. The summed E-state index contributed by atoms with van der Waals surface area (Å²) in [5, 5.41) is 3.29. The molecule has 6 heterocycles. The minimum Gasteiger partial charge on any atom is -0.449 e. The van der Waals surface area contributed by atoms with E-state index in [0.29, 0.717) is 23.5 Å². The number of carbonyl (C=O) groups excluding carboxylic acids is 1. The van der Waals surface area contributed by atoms with Crippen LogP contribution in [-0.4, -0.2) is 45.9 Å². The van der Waals surface area contributed by atoms with Gasteiger partial charge in [-0.3, -0.25) is 19.7 Å². The van der Waals surface area contributed by atoms with Crippen molar-refractivity contribution < 1.29 is 9.21 Å². The molecule has 3 aliphatic heterocycles. The van der Waals surface area contributed by atoms with Crippen molar-refractivity contribution in [3.8, 4) is 11.5 Å². The van der Waals surface area contributed by atoms with Crippen molar-refractivity contribution in [2.24, 2.45) is 5.92 Å². The van der Waals surface area contributed by atoms with Gasteiger partial charge in [-0.25, -0.2) is 0 Å². The Morgan fingerprint density at radius 1 is 1.10 bits per heavy atom. The second-order valence-electron chi connectivity index (χ2n) is 7.88. The van der Waals surface area contributed by atoms with Crippen LogP contribution in [0.3, 0.4) is 0 Å². The molecule has 148 valence electrons. The Hall–Kier alpha value is -2.99. The highest BCUT2D eigenvalue weighted by atomic mass is 16.4. The average Bonchev–Trinajstić information content (AvgIpc) is 3.28. The van der Waals surface area contributed by atoms with E-state index in [9.17, 15) is 4.79 Å². The van der Waals surface area contributed by atoms with Gasteiger partial charge in [0.25, 0.3) is 5.91 Å². The van der Waals surface area contributed by atoms with Crippen LogP contribution in [0.5, 0.6) is 0 Å². The summed E-state index contributed by atoms with van der Waals surface area (Å²) in [6, 6.07) is 13.7. The van der Waals surface area contributed by atoms with Crippen LogP contribution in [0.15, 0.2) is 65.5 Å². The molecule has 29 heavy (non-hydrogen) atoms. The van der Waals surface area contributed by atoms with Crippen LogP contribution in [0.1, 0.15) is 29.0 Å². The number of aromatic nitrogens is 2. The predicted octanol–water partition coefficient (Wildman–Crippen LogP) is 3.17. The van der Waals surface area contributed by atoms with Gasteiger partial charge < -0.3 is 9.73 Å². The third-order valence-corrected chi connectivity index (χ3v) is 6.18. The van der Waals surface area contributed by atoms with E-state index in [0.717, 1.165) is 38.0 Å². The first-order valence-corrected chi connectivity index (χ1v) is 10.2. The zero-order valence-electron chi connectivity index (χ0n) is 16.2. The number of nitrogens with zero attached hydrogens (tertiary/aromatic N) is 3. The summed E-state index contributed by atoms with van der Waals surface area (Å²) in [5.41, 5.74) is 1.93. The lowest BCUT2D eigenvalue weighted by Gasteiger charge is -2.51. The van der Waals surface area contributed by atoms with Gasteiger partial charge in [0.15, 0.2) is 11.5 Å². The van der Waals surface area contributed by atoms with E-state index in [1.165, 1.54) is 5.56 Å². The van der Waals surface area contributed by atoms with Crippen molar-refractivity contribution in [2.75, 3.05) is 13.1 Å². The van der Waals surface area contributed by atoms with Crippen molar-refractivity contribution in [2.45, 2.75) is 31.3 Å². The number of nitrogens with one attached hydrogen (secondary N) is 1. The lowest BCUT2D eigenvalue weighted by molar-refractivity contribution is 0.0131. The minimum atomic E-state index is -0.151. The number of furan rings is 1. The van der Waals surface area contributed by atoms with Gasteiger partial charge in [0.05, 0.1) is 0 Å². The molecule has 1 amide bonds. The van der Waals surface area contributed by atoms with Crippen molar-refractivity contribution in [1.29, 1.82) is 0 Å². The molecule has 3 fully saturated rings. The molecule has 0 spiro atoms. The third kappa shape index (κ3) is 3.68. The van der Waals surface area contributed by atoms with Crippen LogP contribution in [0.4, 0.5) is 0 Å². The van der Waals surface area contributed by atoms with Gasteiger partial charge in [0, 0.05) is 30.7 Å². The smallest absolute Gasteiger partial charge is 0.287 e. The van der Waals surface area contributed by atoms with Crippen molar-refractivity contribution in [3.63, 3.8) is 0 Å². The van der Waals surface area contributed by atoms with Gasteiger partial charge in [-0.05, 0) is 74.2 Å². The fourth-order valence-electron chi connectivity index (χ4n) is 4.71. The normalized spacial score (nSPS) is 25.7. The predicted molar refractivity (Wildman–Crippen MR) is 109 cm³/mol. The fourth-order valence-corrected chi connectivity index (χ4v) is 4.71. The van der Waals surface area contributed by atoms with E-state index in [4.69, 9.17) is 4.42 Å². The van der Waals surface area contributed by atoms with Gasteiger partial charge in [-0.1, -0.05) is 12.1 Å². The lowest BCUT2D eigenvalue weighted by Crippen LogP contribution is -2.64. The lowest BCUT2D eigenvalue weighted by atomic mass is 9.76. The zero-order valence-corrected chi connectivity index (χ0v) is 16.2. The van der Waals surface area contributed by atoms with Gasteiger partial charge >= 0.3 is 0 Å². The molecule has 0 aliphatic carbocycles. The Balaban J connectivity index is 1.34. The van der Waals surface area contributed by atoms with Crippen molar-refractivity contribution in [1.82, 2.24) is 20.2 Å². The molecule has 2 atom stereocenters. The molecular weight excluding hydrogens is 364 g/mol. The van der Waals surface area contributed by atoms with Gasteiger partial charge in [-0.15, -0.1) is 0 Å². The van der Waals surface area contributed by atoms with Crippen LogP contribution >= 0.6 is 0 Å².